The summed E-state index contributed by atoms with van der Waals surface area (Å²) in [5.41, 5.74) is 0.410. The van der Waals surface area contributed by atoms with Crippen LogP contribution in [-0.2, 0) is 4.74 Å². The van der Waals surface area contributed by atoms with Crippen LogP contribution in [0.1, 0.15) is 49.9 Å². The maximum Gasteiger partial charge on any atom is 0.409 e. The minimum atomic E-state index is -0.254. The highest BCUT2D eigenvalue weighted by atomic mass is 16.6. The largest absolute Gasteiger partial charge is 0.450 e. The minimum absolute atomic E-state index is 0.0827. The molecule has 1 saturated heterocycles. The fraction of sp³-hybridized carbons (Fsp3) is 0.667. The molecule has 8 nitrogen and oxygen atoms in total. The summed E-state index contributed by atoms with van der Waals surface area (Å²) in [7, 11) is 0. The van der Waals surface area contributed by atoms with Crippen molar-refractivity contribution in [3.8, 4) is 0 Å². The molecule has 2 amide bonds. The van der Waals surface area contributed by atoms with Crippen LogP contribution in [0.2, 0.25) is 0 Å². The summed E-state index contributed by atoms with van der Waals surface area (Å²) in [6.45, 7) is 10.5. The Morgan fingerprint density at radius 3 is 2.46 bits per heavy atom. The molecule has 26 heavy (non-hydrogen) atoms. The number of aromatic nitrogens is 2. The average Bonchev–Trinajstić information content (AvgIpc) is 2.63. The van der Waals surface area contributed by atoms with Crippen molar-refractivity contribution >= 4 is 17.8 Å². The highest BCUT2D eigenvalue weighted by Gasteiger charge is 2.24. The lowest BCUT2D eigenvalue weighted by atomic mass is 10.1. The first-order valence-corrected chi connectivity index (χ1v) is 9.31. The van der Waals surface area contributed by atoms with Crippen molar-refractivity contribution in [1.29, 1.82) is 0 Å². The molecule has 2 rings (SSSR count). The zero-order chi connectivity index (χ0) is 19.1. The van der Waals surface area contributed by atoms with E-state index in [0.29, 0.717) is 50.1 Å². The molecule has 1 aliphatic rings. The van der Waals surface area contributed by atoms with Crippen LogP contribution in [0.3, 0.4) is 0 Å². The van der Waals surface area contributed by atoms with Crippen LogP contribution in [0.5, 0.6) is 0 Å². The van der Waals surface area contributed by atoms with Gasteiger partial charge in [0, 0.05) is 38.3 Å². The molecular formula is C18H29N5O3. The highest BCUT2D eigenvalue weighted by Crippen LogP contribution is 2.17. The maximum atomic E-state index is 12.5. The smallest absolute Gasteiger partial charge is 0.409 e. The number of amides is 2. The van der Waals surface area contributed by atoms with E-state index in [1.54, 1.807) is 29.7 Å². The normalized spacial score (nSPS) is 14.8. The predicted molar refractivity (Wildman–Crippen MR) is 99.3 cm³/mol. The lowest BCUT2D eigenvalue weighted by Gasteiger charge is -2.32. The van der Waals surface area contributed by atoms with Crippen LogP contribution in [0.4, 0.5) is 10.6 Å². The number of hydrogen-bond acceptors (Lipinski definition) is 6. The van der Waals surface area contributed by atoms with Gasteiger partial charge in [0.15, 0.2) is 0 Å². The van der Waals surface area contributed by atoms with E-state index in [1.165, 1.54) is 0 Å². The number of carbonyl (C=O) groups is 2. The molecule has 2 heterocycles. The molecule has 1 aliphatic heterocycles. The Bertz CT molecular complexity index is 625. The number of rotatable bonds is 6. The molecule has 0 saturated carbocycles. The van der Waals surface area contributed by atoms with E-state index >= 15 is 0 Å². The molecule has 0 atom stereocenters. The summed E-state index contributed by atoms with van der Waals surface area (Å²) in [5, 5.41) is 3.38. The third-order valence-corrected chi connectivity index (χ3v) is 4.48. The second kappa shape index (κ2) is 9.35. The molecule has 0 bridgehead atoms. The van der Waals surface area contributed by atoms with Crippen LogP contribution in [0.15, 0.2) is 6.07 Å². The van der Waals surface area contributed by atoms with Crippen molar-refractivity contribution < 1.29 is 14.3 Å². The van der Waals surface area contributed by atoms with Gasteiger partial charge in [0.2, 0.25) is 0 Å². The average molecular weight is 363 g/mol. The quantitative estimate of drug-likeness (QED) is 0.834. The van der Waals surface area contributed by atoms with Gasteiger partial charge in [-0.2, -0.15) is 0 Å². The fourth-order valence-corrected chi connectivity index (χ4v) is 3.05. The Morgan fingerprint density at radius 1 is 1.23 bits per heavy atom. The molecule has 1 aromatic heterocycles. The SMILES string of the molecule is CCOC(=O)N1CCC(Nc2cc(C(=O)N(CC)CC)nc(C)n2)CC1. The molecule has 1 N–H and O–H groups in total. The van der Waals surface area contributed by atoms with Gasteiger partial charge < -0.3 is 19.9 Å². The Labute approximate surface area is 154 Å². The van der Waals surface area contributed by atoms with Crippen LogP contribution in [-0.4, -0.2) is 70.6 Å². The fourth-order valence-electron chi connectivity index (χ4n) is 3.05. The van der Waals surface area contributed by atoms with Crippen molar-refractivity contribution in [2.75, 3.05) is 38.1 Å². The summed E-state index contributed by atoms with van der Waals surface area (Å²) in [6.07, 6.45) is 1.36. The van der Waals surface area contributed by atoms with Gasteiger partial charge in [-0.3, -0.25) is 4.79 Å². The molecule has 144 valence electrons. The first kappa shape index (κ1) is 19.9. The van der Waals surface area contributed by atoms with Gasteiger partial charge in [-0.15, -0.1) is 0 Å². The van der Waals surface area contributed by atoms with E-state index in [9.17, 15) is 9.59 Å². The summed E-state index contributed by atoms with van der Waals surface area (Å²) >= 11 is 0. The number of anilines is 1. The summed E-state index contributed by atoms with van der Waals surface area (Å²) in [4.78, 5) is 36.5. The van der Waals surface area contributed by atoms with E-state index in [1.807, 2.05) is 13.8 Å². The topological polar surface area (TPSA) is 87.7 Å². The Hall–Kier alpha value is -2.38. The van der Waals surface area contributed by atoms with E-state index in [-0.39, 0.29) is 18.0 Å². The highest BCUT2D eigenvalue weighted by molar-refractivity contribution is 5.93. The van der Waals surface area contributed by atoms with Crippen molar-refractivity contribution in [1.82, 2.24) is 19.8 Å². The molecular weight excluding hydrogens is 334 g/mol. The van der Waals surface area contributed by atoms with Crippen molar-refractivity contribution in [2.24, 2.45) is 0 Å². The minimum Gasteiger partial charge on any atom is -0.450 e. The molecule has 1 fully saturated rings. The van der Waals surface area contributed by atoms with Crippen LogP contribution >= 0.6 is 0 Å². The monoisotopic (exact) mass is 363 g/mol. The molecule has 0 aromatic carbocycles. The standard InChI is InChI=1S/C18H29N5O3/c1-5-22(6-2)17(24)15-12-16(20-13(4)19-15)21-14-8-10-23(11-9-14)18(25)26-7-3/h12,14H,5-11H2,1-4H3,(H,19,20,21). The Morgan fingerprint density at radius 2 is 1.88 bits per heavy atom. The third-order valence-electron chi connectivity index (χ3n) is 4.48. The van der Waals surface area contributed by atoms with Gasteiger partial charge in [-0.25, -0.2) is 14.8 Å². The van der Waals surface area contributed by atoms with Gasteiger partial charge >= 0.3 is 6.09 Å². The van der Waals surface area contributed by atoms with Crippen molar-refractivity contribution in [3.05, 3.63) is 17.6 Å². The number of piperidine rings is 1. The van der Waals surface area contributed by atoms with E-state index in [0.717, 1.165) is 12.8 Å². The first-order valence-electron chi connectivity index (χ1n) is 9.31. The number of nitrogens with one attached hydrogen (secondary N) is 1. The Kier molecular flexibility index (Phi) is 7.17. The summed E-state index contributed by atoms with van der Waals surface area (Å²) in [6, 6.07) is 1.91. The van der Waals surface area contributed by atoms with Crippen LogP contribution < -0.4 is 5.32 Å². The molecule has 0 radical (unpaired) electrons. The zero-order valence-corrected chi connectivity index (χ0v) is 16.1. The number of nitrogens with zero attached hydrogens (tertiary/aromatic N) is 4. The maximum absolute atomic E-state index is 12.5. The van der Waals surface area contributed by atoms with Gasteiger partial charge in [-0.1, -0.05) is 0 Å². The van der Waals surface area contributed by atoms with Crippen molar-refractivity contribution in [3.63, 3.8) is 0 Å². The van der Waals surface area contributed by atoms with Gasteiger partial charge in [0.1, 0.15) is 17.3 Å². The molecule has 1 aromatic rings. The lowest BCUT2D eigenvalue weighted by Crippen LogP contribution is -2.42. The van der Waals surface area contributed by atoms with Crippen LogP contribution in [0.25, 0.3) is 0 Å². The number of likely N-dealkylation sites (tertiary alicyclic amines) is 1. The number of aryl methyl sites for hydroxylation is 1. The van der Waals surface area contributed by atoms with Gasteiger partial charge in [-0.05, 0) is 40.5 Å². The second-order valence-corrected chi connectivity index (χ2v) is 6.27. The van der Waals surface area contributed by atoms with Crippen molar-refractivity contribution in [2.45, 2.75) is 46.6 Å². The lowest BCUT2D eigenvalue weighted by molar-refractivity contribution is 0.0766. The second-order valence-electron chi connectivity index (χ2n) is 6.27. The Balaban J connectivity index is 2.00. The van der Waals surface area contributed by atoms with Gasteiger partial charge in [0.05, 0.1) is 6.61 Å². The summed E-state index contributed by atoms with van der Waals surface area (Å²) < 4.78 is 5.04. The third kappa shape index (κ3) is 5.06. The number of hydrogen-bond donors (Lipinski definition) is 1. The molecule has 0 aliphatic carbocycles. The van der Waals surface area contributed by atoms with E-state index in [4.69, 9.17) is 4.74 Å². The van der Waals surface area contributed by atoms with E-state index in [2.05, 4.69) is 15.3 Å². The zero-order valence-electron chi connectivity index (χ0n) is 16.1. The van der Waals surface area contributed by atoms with Gasteiger partial charge in [0.25, 0.3) is 5.91 Å². The molecule has 8 heteroatoms. The number of carbonyl (C=O) groups excluding carboxylic acids is 2. The summed E-state index contributed by atoms with van der Waals surface area (Å²) in [5.74, 6) is 1.14. The number of ether oxygens (including phenoxy) is 1. The molecule has 0 unspecified atom stereocenters. The first-order chi connectivity index (χ1) is 12.5. The van der Waals surface area contributed by atoms with Crippen LogP contribution in [0, 0.1) is 6.92 Å². The van der Waals surface area contributed by atoms with E-state index < -0.39 is 0 Å². The molecule has 0 spiro atoms. The predicted octanol–water partition coefficient (Wildman–Crippen LogP) is 2.30.